The zero-order valence-electron chi connectivity index (χ0n) is 57.0. The Morgan fingerprint density at radius 1 is 0.541 bits per heavy atom. The average Bonchev–Trinajstić information content (AvgIpc) is 1.50. The summed E-state index contributed by atoms with van der Waals surface area (Å²) in [6, 6.07) is 31.0. The number of H-pyrrole nitrogens is 5. The Morgan fingerprint density at radius 3 is 1.43 bits per heavy atom. The van der Waals surface area contributed by atoms with Crippen LogP contribution in [0.15, 0.2) is 91.0 Å². The first kappa shape index (κ1) is 76.9. The summed E-state index contributed by atoms with van der Waals surface area (Å²) in [5, 5.41) is 65.8. The first-order valence-corrected chi connectivity index (χ1v) is 36.5. The van der Waals surface area contributed by atoms with Gasteiger partial charge in [0, 0.05) is 82.3 Å². The molecule has 2 saturated carbocycles. The van der Waals surface area contributed by atoms with Gasteiger partial charge in [-0.3, -0.25) is 20.4 Å². The van der Waals surface area contributed by atoms with Gasteiger partial charge in [-0.2, -0.15) is 20.4 Å². The number of carboxylic acids is 2. The number of benzene rings is 3. The number of halogens is 3. The molecule has 2 aliphatic carbocycles. The highest BCUT2D eigenvalue weighted by Crippen LogP contribution is 2.38. The van der Waals surface area contributed by atoms with Gasteiger partial charge in [0.1, 0.15) is 25.4 Å². The van der Waals surface area contributed by atoms with Crippen LogP contribution in [-0.4, -0.2) is 166 Å². The Morgan fingerprint density at radius 2 is 1.01 bits per heavy atom. The monoisotopic (exact) mass is 1680 g/mol. The minimum absolute atomic E-state index is 0.0461. The van der Waals surface area contributed by atoms with E-state index in [1.807, 2.05) is 30.3 Å². The molecule has 0 aliphatic heterocycles. The van der Waals surface area contributed by atoms with E-state index >= 15 is 0 Å². The lowest BCUT2D eigenvalue weighted by Gasteiger charge is -2.29. The summed E-state index contributed by atoms with van der Waals surface area (Å²) in [6.07, 6.45) is 15.5. The van der Waals surface area contributed by atoms with Crippen molar-refractivity contribution < 1.29 is 53.0 Å². The quantitative estimate of drug-likeness (QED) is 0.0214. The van der Waals surface area contributed by atoms with Crippen molar-refractivity contribution >= 4 is 79.7 Å². The molecule has 0 bridgehead atoms. The second-order valence-corrected chi connectivity index (χ2v) is 27.4. The molecule has 6 aromatic heterocycles. The number of hydrogen-bond donors (Lipinski definition) is 7. The number of rotatable bonds is 29. The van der Waals surface area contributed by atoms with Crippen LogP contribution in [0.1, 0.15) is 177 Å². The lowest BCUT2D eigenvalue weighted by molar-refractivity contribution is 0.0665. The summed E-state index contributed by atoms with van der Waals surface area (Å²) >= 11 is 6.72. The number of aromatic carboxylic acids is 2. The number of aromatic nitrogens is 14. The van der Waals surface area contributed by atoms with Crippen LogP contribution in [0.25, 0.3) is 22.5 Å². The number of nitrogens with one attached hydrogen (secondary N) is 5. The number of nitrogens with zero attached hydrogens (tertiary/aromatic N) is 9. The van der Waals surface area contributed by atoms with E-state index in [1.54, 1.807) is 35.5 Å². The first-order chi connectivity index (χ1) is 47.5. The molecule has 7 N–H and O–H groups in total. The summed E-state index contributed by atoms with van der Waals surface area (Å²) in [5.74, 6) is -0.363. The van der Waals surface area contributed by atoms with Crippen molar-refractivity contribution in [3.63, 3.8) is 0 Å². The third-order valence-electron chi connectivity index (χ3n) is 17.9. The van der Waals surface area contributed by atoms with Gasteiger partial charge in [0.2, 0.25) is 17.3 Å². The van der Waals surface area contributed by atoms with Crippen LogP contribution in [0.2, 0.25) is 0 Å². The Labute approximate surface area is 612 Å². The van der Waals surface area contributed by atoms with Crippen molar-refractivity contribution in [1.29, 1.82) is 0 Å². The highest BCUT2D eigenvalue weighted by atomic mass is 127. The van der Waals surface area contributed by atoms with Gasteiger partial charge in [0.05, 0.1) is 58.7 Å². The largest absolute Gasteiger partial charge is 0.497 e. The SMILES string of the molecule is CCC(Cc1[nH]nc(I)c1I)OC.CCC(Cc1cc(-c2ccc(C3CCC(Oc4c(C(=O)O)nnn4Cc4ccc(OC)cc4)CC3)cc2)n[nH]1)OC.CCC(Cc1cc(-c2ccc(C3CCC(Oc4nn[nH]c4C(=O)O)CC3)cc2)n[nH]1)OC.CCC(Cc1cc(I)n[nH]1)OC. The normalized spacial score (nSPS) is 17.2. The molecule has 6 heterocycles. The van der Waals surface area contributed by atoms with Gasteiger partial charge in [-0.25, -0.2) is 19.4 Å². The van der Waals surface area contributed by atoms with Crippen LogP contribution in [0.4, 0.5) is 0 Å². The van der Waals surface area contributed by atoms with Gasteiger partial charge in [0.25, 0.3) is 5.88 Å². The number of carbonyl (C=O) groups is 2. The maximum absolute atomic E-state index is 11.8. The second-order valence-electron chi connectivity index (χ2n) is 24.2. The molecular weight excluding hydrogens is 1590 g/mol. The van der Waals surface area contributed by atoms with Crippen LogP contribution in [0.3, 0.4) is 0 Å². The molecule has 2 fully saturated rings. The van der Waals surface area contributed by atoms with E-state index in [0.717, 1.165) is 161 Å². The molecule has 11 rings (SSSR count). The lowest BCUT2D eigenvalue weighted by atomic mass is 9.82. The van der Waals surface area contributed by atoms with E-state index in [4.69, 9.17) is 38.3 Å². The van der Waals surface area contributed by atoms with E-state index in [0.29, 0.717) is 30.6 Å². The molecule has 4 unspecified atom stereocenters. The van der Waals surface area contributed by atoms with Crippen molar-refractivity contribution in [2.24, 2.45) is 0 Å². The van der Waals surface area contributed by atoms with Crippen LogP contribution >= 0.6 is 67.8 Å². The standard InChI is InChI=1S/C31H37N5O5.C23H29N5O4.C8H12I2N2O.C8H13IN2O/c1-4-25(39-2)17-24-18-28(33-32-24)23-9-7-21(8-10-23)22-11-15-27(16-12-22)41-30-29(31(37)38)34-35-36(30)19-20-5-13-26(40-3)14-6-20;1-3-18(31-2)12-17-13-20(25-24-17)16-6-4-14(5-7-16)15-8-10-19(11-9-15)32-22-21(23(29)30)26-28-27-22;1-3-5(13-2)4-6-7(9)8(10)12-11-6;1-3-7(12-2)4-6-5-8(9)11-10-6/h5-10,13-14,18,22,25,27H,4,11-12,15-17,19H2,1-3H3,(H,32,33)(H,37,38);4-7,13,15,18-19H,3,8-12H2,1-2H3,(H,24,25)(H,29,30)(H,26,27,28);5H,3-4H2,1-2H3,(H,11,12);5,7H,3-4H2,1-2H3,(H,10,11). The predicted octanol–water partition coefficient (Wildman–Crippen LogP) is 14.0. The predicted molar refractivity (Wildman–Crippen MR) is 396 cm³/mol. The van der Waals surface area contributed by atoms with E-state index in [9.17, 15) is 14.7 Å². The molecule has 9 aromatic rings. The Hall–Kier alpha value is -6.85. The average molecular weight is 1690 g/mol. The minimum Gasteiger partial charge on any atom is -0.497 e. The minimum atomic E-state index is -1.15. The summed E-state index contributed by atoms with van der Waals surface area (Å²) in [6.45, 7) is 8.83. The van der Waals surface area contributed by atoms with Crippen LogP contribution in [-0.2, 0) is 51.2 Å². The molecule has 28 heteroatoms. The lowest BCUT2D eigenvalue weighted by Crippen LogP contribution is -2.25. The molecule has 25 nitrogen and oxygen atoms in total. The Bertz CT molecular complexity index is 3800. The number of methoxy groups -OCH3 is 5. The summed E-state index contributed by atoms with van der Waals surface area (Å²) < 4.78 is 43.6. The summed E-state index contributed by atoms with van der Waals surface area (Å²) in [4.78, 5) is 23.0. The first-order valence-electron chi connectivity index (χ1n) is 33.2. The maximum atomic E-state index is 11.8. The molecule has 0 spiro atoms. The Balaban J connectivity index is 0.000000188. The topological polar surface area (TPSA) is 326 Å². The maximum Gasteiger partial charge on any atom is 0.362 e. The highest BCUT2D eigenvalue weighted by molar-refractivity contribution is 14.1. The molecule has 98 heavy (non-hydrogen) atoms. The van der Waals surface area contributed by atoms with E-state index < -0.39 is 11.9 Å². The molecule has 4 atom stereocenters. The van der Waals surface area contributed by atoms with Gasteiger partial charge in [-0.1, -0.05) is 104 Å². The van der Waals surface area contributed by atoms with Gasteiger partial charge >= 0.3 is 11.9 Å². The second kappa shape index (κ2) is 39.2. The van der Waals surface area contributed by atoms with Crippen LogP contribution < -0.4 is 14.2 Å². The Kier molecular flexibility index (Phi) is 30.8. The molecular formula is C70H91I3N14O11. The van der Waals surface area contributed by atoms with Crippen LogP contribution in [0, 0.1) is 11.0 Å². The molecule has 0 radical (unpaired) electrons. The van der Waals surface area contributed by atoms with E-state index in [2.05, 4.69) is 223 Å². The molecule has 3 aromatic carbocycles. The summed E-state index contributed by atoms with van der Waals surface area (Å²) in [5.41, 5.74) is 11.8. The van der Waals surface area contributed by atoms with Gasteiger partial charge < -0.3 is 43.4 Å². The molecule has 528 valence electrons. The van der Waals surface area contributed by atoms with Crippen molar-refractivity contribution in [2.75, 3.05) is 35.5 Å². The van der Waals surface area contributed by atoms with E-state index in [-0.39, 0.29) is 47.6 Å². The molecule has 0 saturated heterocycles. The number of aromatic amines is 5. The molecule has 0 amide bonds. The van der Waals surface area contributed by atoms with E-state index in [1.165, 1.54) is 25.1 Å². The van der Waals surface area contributed by atoms with Crippen molar-refractivity contribution in [3.05, 3.63) is 153 Å². The van der Waals surface area contributed by atoms with Crippen molar-refractivity contribution in [3.8, 4) is 40.0 Å². The molecule has 2 aliphatic rings. The zero-order chi connectivity index (χ0) is 70.1. The summed E-state index contributed by atoms with van der Waals surface area (Å²) in [7, 11) is 8.60. The fourth-order valence-corrected chi connectivity index (χ4v) is 13.3. The van der Waals surface area contributed by atoms with Gasteiger partial charge in [0.15, 0.2) is 0 Å². The van der Waals surface area contributed by atoms with Crippen LogP contribution in [0.5, 0.6) is 17.5 Å². The van der Waals surface area contributed by atoms with Gasteiger partial charge in [-0.05, 0) is 204 Å². The number of ether oxygens (including phenoxy) is 7. The number of carboxylic acid groups (broad SMARTS) is 2. The van der Waals surface area contributed by atoms with Crippen molar-refractivity contribution in [1.82, 2.24) is 71.2 Å². The van der Waals surface area contributed by atoms with Crippen molar-refractivity contribution in [2.45, 2.75) is 185 Å². The third kappa shape index (κ3) is 22.3. The fraction of sp³-hybridized carbons (Fsp3) is 0.486. The number of hydrogen-bond acceptors (Lipinski definition) is 17. The van der Waals surface area contributed by atoms with Gasteiger partial charge in [-0.15, -0.1) is 5.10 Å². The zero-order valence-corrected chi connectivity index (χ0v) is 63.5. The smallest absolute Gasteiger partial charge is 0.362 e. The fourth-order valence-electron chi connectivity index (χ4n) is 11.9. The third-order valence-corrected chi connectivity index (χ3v) is 21.4. The highest BCUT2D eigenvalue weighted by Gasteiger charge is 2.30.